The highest BCUT2D eigenvalue weighted by atomic mass is 32.1. The number of ether oxygens (including phenoxy) is 2. The van der Waals surface area contributed by atoms with Gasteiger partial charge < -0.3 is 30.7 Å². The van der Waals surface area contributed by atoms with Gasteiger partial charge in [0.05, 0.1) is 0 Å². The highest BCUT2D eigenvalue weighted by molar-refractivity contribution is 7.80. The van der Waals surface area contributed by atoms with Gasteiger partial charge in [0.25, 0.3) is 22.4 Å². The van der Waals surface area contributed by atoms with Crippen molar-refractivity contribution in [2.45, 2.75) is 53.6 Å². The van der Waals surface area contributed by atoms with Crippen molar-refractivity contribution < 1.29 is 9.47 Å². The molecule has 0 rings (SSSR count). The van der Waals surface area contributed by atoms with Crippen LogP contribution >= 0.6 is 24.4 Å². The molecule has 0 aromatic carbocycles. The minimum Gasteiger partial charge on any atom is -0.399 e. The first kappa shape index (κ1) is 24.6. The van der Waals surface area contributed by atoms with Gasteiger partial charge in [-0.2, -0.15) is 0 Å². The van der Waals surface area contributed by atoms with Crippen molar-refractivity contribution in [2.24, 2.45) is 0 Å². The van der Waals surface area contributed by atoms with E-state index >= 15 is 0 Å². The minimum atomic E-state index is -0.0202. The normalized spacial score (nSPS) is 9.33. The molecule has 0 aromatic rings. The number of amidine groups is 2. The smallest absolute Gasteiger partial charge is 0.289 e. The number of thiocarbonyl (C=S) groups is 2. The summed E-state index contributed by atoms with van der Waals surface area (Å²) in [6.45, 7) is 12.9. The van der Waals surface area contributed by atoms with Crippen LogP contribution in [0.25, 0.3) is 0 Å². The molecule has 6 N–H and O–H groups in total. The van der Waals surface area contributed by atoms with Gasteiger partial charge in [0.15, 0.2) is 0 Å². The fraction of sp³-hybridized carbons (Fsp3) is 0.714. The Balaban J connectivity index is 0. The molecule has 10 heteroatoms. The summed E-state index contributed by atoms with van der Waals surface area (Å²) < 4.78 is 9.79. The second-order valence-corrected chi connectivity index (χ2v) is 5.84. The van der Waals surface area contributed by atoms with Crippen LogP contribution in [0, 0.1) is 10.8 Å². The SMILES string of the molecule is CC(C)NC(=N)OC(=S)NC(C)C.CCNC(=N)OC(=S)NCC. The molecule has 0 atom stereocenters. The molecule has 0 heterocycles. The van der Waals surface area contributed by atoms with E-state index in [0.717, 1.165) is 0 Å². The summed E-state index contributed by atoms with van der Waals surface area (Å²) in [5, 5.41) is 26.0. The van der Waals surface area contributed by atoms with Crippen LogP contribution in [0.3, 0.4) is 0 Å². The topological polar surface area (TPSA) is 114 Å². The Labute approximate surface area is 155 Å². The summed E-state index contributed by atoms with van der Waals surface area (Å²) in [4.78, 5) is 0. The van der Waals surface area contributed by atoms with Gasteiger partial charge in [-0.25, -0.2) is 0 Å². The van der Waals surface area contributed by atoms with Crippen LogP contribution in [-0.4, -0.2) is 47.6 Å². The van der Waals surface area contributed by atoms with Gasteiger partial charge in [0, 0.05) is 25.2 Å². The van der Waals surface area contributed by atoms with Gasteiger partial charge in [-0.05, 0) is 66.0 Å². The molecule has 0 fully saturated rings. The first-order valence-corrected chi connectivity index (χ1v) is 8.55. The summed E-state index contributed by atoms with van der Waals surface area (Å²) in [6.07, 6.45) is 0. The number of nitrogens with one attached hydrogen (secondary N) is 6. The van der Waals surface area contributed by atoms with Crippen molar-refractivity contribution >= 4 is 46.8 Å². The maximum absolute atomic E-state index is 7.33. The van der Waals surface area contributed by atoms with Crippen molar-refractivity contribution in [3.05, 3.63) is 0 Å². The van der Waals surface area contributed by atoms with Gasteiger partial charge in [-0.3, -0.25) is 10.8 Å². The van der Waals surface area contributed by atoms with E-state index in [1.807, 2.05) is 41.5 Å². The molecular formula is C14H30N6O2S2. The fourth-order valence-corrected chi connectivity index (χ4v) is 1.67. The lowest BCUT2D eigenvalue weighted by molar-refractivity contribution is 0.467. The van der Waals surface area contributed by atoms with Gasteiger partial charge >= 0.3 is 0 Å². The molecule has 140 valence electrons. The van der Waals surface area contributed by atoms with Crippen molar-refractivity contribution in [2.75, 3.05) is 13.1 Å². The molecule has 0 unspecified atom stereocenters. The Morgan fingerprint density at radius 2 is 1.25 bits per heavy atom. The molecule has 0 aliphatic heterocycles. The van der Waals surface area contributed by atoms with E-state index in [-0.39, 0.29) is 34.5 Å². The predicted octanol–water partition coefficient (Wildman–Crippen LogP) is 1.66. The summed E-state index contributed by atoms with van der Waals surface area (Å²) in [6, 6.07) is 0.361. The van der Waals surface area contributed by atoms with E-state index in [4.69, 9.17) is 44.7 Å². The second kappa shape index (κ2) is 14.9. The monoisotopic (exact) mass is 378 g/mol. The molecule has 0 amide bonds. The molecule has 0 aromatic heterocycles. The van der Waals surface area contributed by atoms with Crippen LogP contribution in [0.15, 0.2) is 0 Å². The molecule has 24 heavy (non-hydrogen) atoms. The molecule has 0 bridgehead atoms. The maximum Gasteiger partial charge on any atom is 0.289 e. The number of hydrogen-bond donors (Lipinski definition) is 6. The molecule has 0 spiro atoms. The highest BCUT2D eigenvalue weighted by Gasteiger charge is 2.04. The zero-order valence-corrected chi connectivity index (χ0v) is 16.8. The van der Waals surface area contributed by atoms with Crippen molar-refractivity contribution in [3.63, 3.8) is 0 Å². The van der Waals surface area contributed by atoms with Crippen LogP contribution in [0.2, 0.25) is 0 Å². The quantitative estimate of drug-likeness (QED) is 0.249. The summed E-state index contributed by atoms with van der Waals surface area (Å²) in [5.41, 5.74) is 0. The lowest BCUT2D eigenvalue weighted by atomic mass is 10.4. The van der Waals surface area contributed by atoms with Crippen LogP contribution in [0.5, 0.6) is 0 Å². The Morgan fingerprint density at radius 3 is 1.67 bits per heavy atom. The van der Waals surface area contributed by atoms with Gasteiger partial charge in [0.2, 0.25) is 0 Å². The molecule has 0 saturated carbocycles. The predicted molar refractivity (Wildman–Crippen MR) is 107 cm³/mol. The Kier molecular flexibility index (Phi) is 15.2. The molecule has 0 aliphatic carbocycles. The molecular weight excluding hydrogens is 348 g/mol. The zero-order chi connectivity index (χ0) is 19.1. The van der Waals surface area contributed by atoms with Gasteiger partial charge in [0.1, 0.15) is 0 Å². The van der Waals surface area contributed by atoms with Crippen molar-refractivity contribution in [1.29, 1.82) is 10.8 Å². The highest BCUT2D eigenvalue weighted by Crippen LogP contribution is 1.85. The number of rotatable bonds is 4. The molecule has 0 radical (unpaired) electrons. The first-order valence-electron chi connectivity index (χ1n) is 7.73. The Bertz CT molecular complexity index is 380. The number of hydrogen-bond acceptors (Lipinski definition) is 6. The summed E-state index contributed by atoms with van der Waals surface area (Å²) in [7, 11) is 0. The van der Waals surface area contributed by atoms with E-state index in [1.54, 1.807) is 0 Å². The van der Waals surface area contributed by atoms with Crippen LogP contribution in [0.1, 0.15) is 41.5 Å². The third kappa shape index (κ3) is 18.4. The third-order valence-electron chi connectivity index (χ3n) is 1.87. The summed E-state index contributed by atoms with van der Waals surface area (Å²) in [5.74, 6) is 0. The largest absolute Gasteiger partial charge is 0.399 e. The first-order chi connectivity index (χ1) is 11.1. The van der Waals surface area contributed by atoms with Crippen LogP contribution in [0.4, 0.5) is 0 Å². The lowest BCUT2D eigenvalue weighted by Gasteiger charge is -2.14. The molecule has 0 saturated heterocycles. The standard InChI is InChI=1S/C8H17N3OS.C6H13N3OS/c1-5(2)10-7(9)12-8(13)11-6(3)4;1-3-8-5(7)10-6(11)9-4-2/h5-6H,1-4H3,(H2,9,10)(H,11,13);3-4H2,1-2H3,(H2,7,8)(H,9,11). The average molecular weight is 379 g/mol. The lowest BCUT2D eigenvalue weighted by Crippen LogP contribution is -2.38. The Morgan fingerprint density at radius 1 is 0.792 bits per heavy atom. The van der Waals surface area contributed by atoms with Crippen molar-refractivity contribution in [1.82, 2.24) is 21.3 Å². The average Bonchev–Trinajstić information content (AvgIpc) is 2.37. The van der Waals surface area contributed by atoms with Crippen LogP contribution in [-0.2, 0) is 9.47 Å². The second-order valence-electron chi connectivity index (χ2n) is 5.10. The molecule has 0 aliphatic rings. The van der Waals surface area contributed by atoms with E-state index in [0.29, 0.717) is 13.1 Å². The van der Waals surface area contributed by atoms with Crippen molar-refractivity contribution in [3.8, 4) is 0 Å². The fourth-order valence-electron chi connectivity index (χ4n) is 1.12. The van der Waals surface area contributed by atoms with E-state index in [2.05, 4.69) is 21.3 Å². The van der Waals surface area contributed by atoms with Gasteiger partial charge in [-0.15, -0.1) is 0 Å². The third-order valence-corrected chi connectivity index (χ3v) is 2.30. The Hall–Kier alpha value is -1.68. The van der Waals surface area contributed by atoms with E-state index in [9.17, 15) is 0 Å². The van der Waals surface area contributed by atoms with E-state index < -0.39 is 0 Å². The summed E-state index contributed by atoms with van der Waals surface area (Å²) >= 11 is 9.57. The van der Waals surface area contributed by atoms with Gasteiger partial charge in [-0.1, -0.05) is 0 Å². The molecule has 8 nitrogen and oxygen atoms in total. The van der Waals surface area contributed by atoms with E-state index in [1.165, 1.54) is 0 Å². The minimum absolute atomic E-state index is 0.0153. The maximum atomic E-state index is 7.33. The van der Waals surface area contributed by atoms with Crippen LogP contribution < -0.4 is 21.3 Å². The zero-order valence-electron chi connectivity index (χ0n) is 15.2.